The second-order valence-electron chi connectivity index (χ2n) is 3.26. The largest absolute Gasteiger partial charge is 0.325 e. The lowest BCUT2D eigenvalue weighted by Gasteiger charge is -2.06. The predicted octanol–water partition coefficient (Wildman–Crippen LogP) is 3.21. The van der Waals surface area contributed by atoms with Crippen LogP contribution in [0.1, 0.15) is 12.8 Å². The summed E-state index contributed by atoms with van der Waals surface area (Å²) < 4.78 is 0. The molecule has 1 aromatic carbocycles. The zero-order chi connectivity index (χ0) is 12.8. The second-order valence-corrected chi connectivity index (χ2v) is 4.05. The molecule has 0 aliphatic carbocycles. The minimum atomic E-state index is -0.551. The number of carbonyl (C=O) groups is 1. The van der Waals surface area contributed by atoms with Crippen molar-refractivity contribution in [3.05, 3.63) is 33.3 Å². The highest BCUT2D eigenvalue weighted by Crippen LogP contribution is 2.26. The van der Waals surface area contributed by atoms with Crippen LogP contribution in [0.15, 0.2) is 18.2 Å². The first kappa shape index (κ1) is 13.7. The first-order valence-corrected chi connectivity index (χ1v) is 5.75. The number of nitro benzene ring substituents is 1. The van der Waals surface area contributed by atoms with Crippen LogP contribution in [0.4, 0.5) is 11.4 Å². The van der Waals surface area contributed by atoms with E-state index in [4.69, 9.17) is 23.2 Å². The van der Waals surface area contributed by atoms with Gasteiger partial charge in [-0.15, -0.1) is 11.6 Å². The van der Waals surface area contributed by atoms with Crippen LogP contribution in [0.2, 0.25) is 5.02 Å². The highest BCUT2D eigenvalue weighted by Gasteiger charge is 2.11. The van der Waals surface area contributed by atoms with E-state index in [1.54, 1.807) is 0 Å². The van der Waals surface area contributed by atoms with Crippen LogP contribution in [0, 0.1) is 10.1 Å². The fourth-order valence-corrected chi connectivity index (χ4v) is 1.51. The summed E-state index contributed by atoms with van der Waals surface area (Å²) in [7, 11) is 0. The Kier molecular flexibility index (Phi) is 5.18. The molecule has 1 aromatic rings. The molecular formula is C10H10Cl2N2O3. The Labute approximate surface area is 108 Å². The maximum atomic E-state index is 11.4. The van der Waals surface area contributed by atoms with E-state index in [-0.39, 0.29) is 23.0 Å². The van der Waals surface area contributed by atoms with Gasteiger partial charge in [-0.05, 0) is 12.5 Å². The number of hydrogen-bond acceptors (Lipinski definition) is 3. The number of nitrogens with zero attached hydrogens (tertiary/aromatic N) is 1. The third-order valence-corrected chi connectivity index (χ3v) is 2.56. The van der Waals surface area contributed by atoms with E-state index < -0.39 is 4.92 Å². The molecule has 0 aliphatic heterocycles. The first-order valence-electron chi connectivity index (χ1n) is 4.84. The van der Waals surface area contributed by atoms with Gasteiger partial charge in [0.15, 0.2) is 0 Å². The average molecular weight is 277 g/mol. The van der Waals surface area contributed by atoms with E-state index in [1.165, 1.54) is 18.2 Å². The van der Waals surface area contributed by atoms with Crippen LogP contribution >= 0.6 is 23.2 Å². The SMILES string of the molecule is O=C(CCCCl)Nc1ccc([N+](=O)[O-])cc1Cl. The smallest absolute Gasteiger partial charge is 0.271 e. The van der Waals surface area contributed by atoms with Crippen molar-refractivity contribution in [3.63, 3.8) is 0 Å². The molecule has 0 heterocycles. The lowest BCUT2D eigenvalue weighted by atomic mass is 10.2. The highest BCUT2D eigenvalue weighted by atomic mass is 35.5. The number of benzene rings is 1. The van der Waals surface area contributed by atoms with Crippen LogP contribution < -0.4 is 5.32 Å². The van der Waals surface area contributed by atoms with Crippen molar-refractivity contribution in [2.24, 2.45) is 0 Å². The van der Waals surface area contributed by atoms with E-state index in [2.05, 4.69) is 5.32 Å². The molecule has 5 nitrogen and oxygen atoms in total. The molecule has 1 N–H and O–H groups in total. The van der Waals surface area contributed by atoms with Gasteiger partial charge in [0.25, 0.3) is 5.69 Å². The molecule has 1 amide bonds. The van der Waals surface area contributed by atoms with E-state index in [9.17, 15) is 14.9 Å². The molecule has 7 heteroatoms. The van der Waals surface area contributed by atoms with Gasteiger partial charge in [-0.25, -0.2) is 0 Å². The number of nitrogens with one attached hydrogen (secondary N) is 1. The summed E-state index contributed by atoms with van der Waals surface area (Å²) in [5.74, 6) is 0.183. The number of hydrogen-bond donors (Lipinski definition) is 1. The molecule has 0 atom stereocenters. The molecule has 0 aromatic heterocycles. The van der Waals surface area contributed by atoms with Gasteiger partial charge < -0.3 is 5.32 Å². The van der Waals surface area contributed by atoms with Crippen molar-refractivity contribution in [3.8, 4) is 0 Å². The summed E-state index contributed by atoms with van der Waals surface area (Å²) in [5, 5.41) is 13.2. The molecule has 0 bridgehead atoms. The van der Waals surface area contributed by atoms with Crippen molar-refractivity contribution in [1.29, 1.82) is 0 Å². The topological polar surface area (TPSA) is 72.2 Å². The lowest BCUT2D eigenvalue weighted by molar-refractivity contribution is -0.384. The number of rotatable bonds is 5. The van der Waals surface area contributed by atoms with Crippen molar-refractivity contribution in [1.82, 2.24) is 0 Å². The Bertz CT molecular complexity index is 438. The lowest BCUT2D eigenvalue weighted by Crippen LogP contribution is -2.11. The van der Waals surface area contributed by atoms with Crippen LogP contribution in [-0.2, 0) is 4.79 Å². The van der Waals surface area contributed by atoms with Gasteiger partial charge in [0, 0.05) is 24.4 Å². The number of amides is 1. The molecule has 1 rings (SSSR count). The number of non-ortho nitro benzene ring substituents is 1. The van der Waals surface area contributed by atoms with Gasteiger partial charge in [0.1, 0.15) is 0 Å². The third-order valence-electron chi connectivity index (χ3n) is 1.98. The maximum absolute atomic E-state index is 11.4. The Morgan fingerprint density at radius 2 is 2.18 bits per heavy atom. The van der Waals surface area contributed by atoms with Gasteiger partial charge in [0.05, 0.1) is 15.6 Å². The monoisotopic (exact) mass is 276 g/mol. The summed E-state index contributed by atoms with van der Waals surface area (Å²) >= 11 is 11.3. The van der Waals surface area contributed by atoms with Crippen LogP contribution in [-0.4, -0.2) is 16.7 Å². The second kappa shape index (κ2) is 6.42. The van der Waals surface area contributed by atoms with Crippen molar-refractivity contribution in [2.45, 2.75) is 12.8 Å². The summed E-state index contributed by atoms with van der Waals surface area (Å²) in [6.45, 7) is 0. The van der Waals surface area contributed by atoms with E-state index >= 15 is 0 Å². The van der Waals surface area contributed by atoms with E-state index in [1.807, 2.05) is 0 Å². The predicted molar refractivity (Wildman–Crippen MR) is 66.7 cm³/mol. The molecule has 17 heavy (non-hydrogen) atoms. The number of halogens is 2. The van der Waals surface area contributed by atoms with Gasteiger partial charge in [-0.2, -0.15) is 0 Å². The quantitative estimate of drug-likeness (QED) is 0.510. The third kappa shape index (κ3) is 4.20. The number of nitro groups is 1. The Morgan fingerprint density at radius 3 is 2.71 bits per heavy atom. The number of anilines is 1. The standard InChI is InChI=1S/C10H10Cl2N2O3/c11-5-1-2-10(15)13-9-4-3-7(14(16)17)6-8(9)12/h3-4,6H,1-2,5H2,(H,13,15). The van der Waals surface area contributed by atoms with Gasteiger partial charge in [-0.3, -0.25) is 14.9 Å². The fraction of sp³-hybridized carbons (Fsp3) is 0.300. The Hall–Kier alpha value is -1.33. The minimum absolute atomic E-state index is 0.117. The normalized spacial score (nSPS) is 10.0. The molecule has 0 aliphatic rings. The molecule has 0 saturated heterocycles. The number of alkyl halides is 1. The molecular weight excluding hydrogens is 267 g/mol. The average Bonchev–Trinajstić information content (AvgIpc) is 2.28. The number of carbonyl (C=O) groups excluding carboxylic acids is 1. The van der Waals surface area contributed by atoms with Crippen LogP contribution in [0.25, 0.3) is 0 Å². The molecule has 0 spiro atoms. The highest BCUT2D eigenvalue weighted by molar-refractivity contribution is 6.33. The summed E-state index contributed by atoms with van der Waals surface area (Å²) in [5.41, 5.74) is 0.241. The minimum Gasteiger partial charge on any atom is -0.325 e. The fourth-order valence-electron chi connectivity index (χ4n) is 1.16. The molecule has 0 fully saturated rings. The molecule has 0 unspecified atom stereocenters. The molecule has 92 valence electrons. The van der Waals surface area contributed by atoms with Gasteiger partial charge in [-0.1, -0.05) is 11.6 Å². The van der Waals surface area contributed by atoms with Crippen LogP contribution in [0.5, 0.6) is 0 Å². The Balaban J connectivity index is 2.72. The van der Waals surface area contributed by atoms with Crippen molar-refractivity contribution in [2.75, 3.05) is 11.2 Å². The summed E-state index contributed by atoms with van der Waals surface area (Å²) in [4.78, 5) is 21.3. The van der Waals surface area contributed by atoms with Crippen LogP contribution in [0.3, 0.4) is 0 Å². The van der Waals surface area contributed by atoms with E-state index in [0.717, 1.165) is 0 Å². The van der Waals surface area contributed by atoms with Gasteiger partial charge >= 0.3 is 0 Å². The maximum Gasteiger partial charge on any atom is 0.271 e. The van der Waals surface area contributed by atoms with Crippen molar-refractivity contribution < 1.29 is 9.72 Å². The van der Waals surface area contributed by atoms with E-state index in [0.29, 0.717) is 18.0 Å². The summed E-state index contributed by atoms with van der Waals surface area (Å²) in [6, 6.07) is 3.88. The Morgan fingerprint density at radius 1 is 1.47 bits per heavy atom. The zero-order valence-corrected chi connectivity index (χ0v) is 10.3. The molecule has 0 saturated carbocycles. The first-order chi connectivity index (χ1) is 8.04. The zero-order valence-electron chi connectivity index (χ0n) is 8.78. The van der Waals surface area contributed by atoms with Gasteiger partial charge in [0.2, 0.25) is 5.91 Å². The molecule has 0 radical (unpaired) electrons. The summed E-state index contributed by atoms with van der Waals surface area (Å²) in [6.07, 6.45) is 0.856. The van der Waals surface area contributed by atoms with Crippen molar-refractivity contribution >= 4 is 40.5 Å².